The number of nitrogens with one attached hydrogen (secondary N) is 3. The van der Waals surface area contributed by atoms with Crippen molar-refractivity contribution in [3.05, 3.63) is 88.3 Å². The van der Waals surface area contributed by atoms with E-state index in [1.54, 1.807) is 0 Å². The molecule has 0 aliphatic heterocycles. The molecule has 1 heterocycles. The summed E-state index contributed by atoms with van der Waals surface area (Å²) in [7, 11) is -3.89. The van der Waals surface area contributed by atoms with E-state index in [0.29, 0.717) is 12.1 Å². The lowest BCUT2D eigenvalue weighted by Gasteiger charge is -2.23. The lowest BCUT2D eigenvalue weighted by molar-refractivity contribution is -0.137. The number of aromatic nitrogens is 2. The van der Waals surface area contributed by atoms with Crippen LogP contribution in [0, 0.1) is 5.92 Å². The average Bonchev–Trinajstić information content (AvgIpc) is 3.70. The molecule has 3 aromatic rings. The van der Waals surface area contributed by atoms with Crippen molar-refractivity contribution in [2.45, 2.75) is 50.1 Å². The molecule has 1 aliphatic rings. The number of Topliss-reactive ketones (excluding diaryl/α,β-unsaturated/α-hetero) is 1. The fraction of sp³-hybridized carbons (Fsp3) is 0.353. The van der Waals surface area contributed by atoms with Gasteiger partial charge in [-0.15, -0.1) is 0 Å². The van der Waals surface area contributed by atoms with Gasteiger partial charge < -0.3 is 36.9 Å². The van der Waals surface area contributed by atoms with Gasteiger partial charge in [0.2, 0.25) is 5.91 Å². The number of aliphatic carboxylic acids is 1. The second kappa shape index (κ2) is 17.6. The number of hydrogen-bond donors (Lipinski definition) is 6. The average molecular weight is 742 g/mol. The van der Waals surface area contributed by atoms with Crippen LogP contribution in [-0.4, -0.2) is 84.7 Å². The molecule has 4 rings (SSSR count). The number of aliphatic imine (C=N–C) groups is 1. The number of halogens is 1. The Morgan fingerprint density at radius 2 is 1.71 bits per heavy atom. The Morgan fingerprint density at radius 3 is 2.27 bits per heavy atom. The fourth-order valence-corrected chi connectivity index (χ4v) is 6.39. The van der Waals surface area contributed by atoms with Crippen molar-refractivity contribution in [3.63, 3.8) is 0 Å². The Labute approximate surface area is 299 Å². The molecule has 8 N–H and O–H groups in total. The van der Waals surface area contributed by atoms with Crippen LogP contribution in [0.15, 0.2) is 76.5 Å². The van der Waals surface area contributed by atoms with Crippen LogP contribution in [0.25, 0.3) is 11.1 Å². The number of sulfone groups is 1. The predicted molar refractivity (Wildman–Crippen MR) is 190 cm³/mol. The van der Waals surface area contributed by atoms with Gasteiger partial charge in [0.05, 0.1) is 30.7 Å². The number of H-pyrrole nitrogens is 1. The third-order valence-electron chi connectivity index (χ3n) is 8.22. The molecule has 2 amide bonds. The minimum Gasteiger partial charge on any atom is -0.481 e. The first-order valence-corrected chi connectivity index (χ1v) is 18.3. The van der Waals surface area contributed by atoms with Crippen LogP contribution in [0.3, 0.4) is 0 Å². The number of alkyl carbamates (subject to hydrolysis) is 1. The second-order valence-corrected chi connectivity index (χ2v) is 14.7. The number of ketones is 1. The molecular formula is C34H40ClN7O8S. The first-order chi connectivity index (χ1) is 24.2. The number of amides is 2. The molecule has 0 unspecified atom stereocenters. The summed E-state index contributed by atoms with van der Waals surface area (Å²) in [5, 5.41) is 14.5. The summed E-state index contributed by atoms with van der Waals surface area (Å²) in [5.41, 5.74) is 15.5. The summed E-state index contributed by atoms with van der Waals surface area (Å²) in [6, 6.07) is 13.3. The lowest BCUT2D eigenvalue weighted by Crippen LogP contribution is -2.45. The fourth-order valence-electron chi connectivity index (χ4n) is 5.83. The Balaban J connectivity index is 1.51. The Hall–Kier alpha value is -5.22. The first kappa shape index (κ1) is 38.6. The van der Waals surface area contributed by atoms with Crippen molar-refractivity contribution in [1.29, 1.82) is 0 Å². The van der Waals surface area contributed by atoms with Gasteiger partial charge in [0.25, 0.3) is 0 Å². The molecule has 0 fully saturated rings. The molecule has 17 heteroatoms. The normalized spacial score (nSPS) is 14.4. The number of imidazole rings is 1. The maximum Gasteiger partial charge on any atom is 0.407 e. The Morgan fingerprint density at radius 1 is 1.06 bits per heavy atom. The summed E-state index contributed by atoms with van der Waals surface area (Å²) in [6.07, 6.45) is 3.06. The molecule has 1 aromatic heterocycles. The lowest BCUT2D eigenvalue weighted by atomic mass is 9.91. The molecule has 15 nitrogen and oxygen atoms in total. The maximum absolute atomic E-state index is 13.8. The van der Waals surface area contributed by atoms with E-state index in [9.17, 15) is 32.7 Å². The van der Waals surface area contributed by atoms with Gasteiger partial charge in [-0.2, -0.15) is 0 Å². The van der Waals surface area contributed by atoms with E-state index in [2.05, 4.69) is 25.6 Å². The zero-order valence-electron chi connectivity index (χ0n) is 27.8. The molecule has 2 aromatic carbocycles. The number of ether oxygens (including phenoxy) is 1. The van der Waals surface area contributed by atoms with E-state index in [-0.39, 0.29) is 37.9 Å². The van der Waals surface area contributed by atoms with Crippen molar-refractivity contribution in [2.75, 3.05) is 19.4 Å². The zero-order chi connectivity index (χ0) is 37.1. The van der Waals surface area contributed by atoms with Crippen molar-refractivity contribution in [1.82, 2.24) is 20.6 Å². The number of nitrogens with zero attached hydrogens (tertiary/aromatic N) is 2. The van der Waals surface area contributed by atoms with Gasteiger partial charge in [-0.3, -0.25) is 19.4 Å². The highest BCUT2D eigenvalue weighted by molar-refractivity contribution is 7.96. The highest BCUT2D eigenvalue weighted by Crippen LogP contribution is 2.44. The monoisotopic (exact) mass is 741 g/mol. The largest absolute Gasteiger partial charge is 0.481 e. The summed E-state index contributed by atoms with van der Waals surface area (Å²) in [4.78, 5) is 62.9. The third-order valence-corrected chi connectivity index (χ3v) is 10.0. The number of carboxylic acid groups (broad SMARTS) is 1. The van der Waals surface area contributed by atoms with Crippen LogP contribution >= 0.6 is 11.6 Å². The number of aromatic amines is 1. The number of guanidine groups is 1. The predicted octanol–water partition coefficient (Wildman–Crippen LogP) is 2.57. The number of rotatable bonds is 18. The SMILES string of the molecule is CS(=O)(=O)/C(Cl)=C/[C@H](CC(=O)O)NC(=O)[C@H](CC(=O)[C@H](CCCN=C(N)N)NC(=O)OCC1c2ccccc2-c2ccccc21)Cc1cnc[nH]1. The highest BCUT2D eigenvalue weighted by Gasteiger charge is 2.32. The van der Waals surface area contributed by atoms with Gasteiger partial charge in [0.15, 0.2) is 21.6 Å². The van der Waals surface area contributed by atoms with E-state index in [1.807, 2.05) is 48.5 Å². The smallest absolute Gasteiger partial charge is 0.407 e. The van der Waals surface area contributed by atoms with Crippen molar-refractivity contribution in [2.24, 2.45) is 22.4 Å². The number of carboxylic acids is 1. The number of hydrogen-bond acceptors (Lipinski definition) is 9. The molecule has 1 aliphatic carbocycles. The van der Waals surface area contributed by atoms with Crippen molar-refractivity contribution < 1.29 is 37.4 Å². The number of benzene rings is 2. The van der Waals surface area contributed by atoms with Gasteiger partial charge in [0.1, 0.15) is 11.0 Å². The van der Waals surface area contributed by atoms with E-state index >= 15 is 0 Å². The molecule has 51 heavy (non-hydrogen) atoms. The molecule has 0 spiro atoms. The summed E-state index contributed by atoms with van der Waals surface area (Å²) in [5.74, 6) is -4.05. The number of nitrogens with two attached hydrogens (primary N) is 2. The molecule has 3 atom stereocenters. The van der Waals surface area contributed by atoms with Crippen LogP contribution in [0.5, 0.6) is 0 Å². The molecule has 0 saturated carbocycles. The van der Waals surface area contributed by atoms with Gasteiger partial charge >= 0.3 is 12.1 Å². The summed E-state index contributed by atoms with van der Waals surface area (Å²) < 4.78 is 28.8. The number of carbonyl (C=O) groups is 4. The van der Waals surface area contributed by atoms with Crippen LogP contribution in [-0.2, 0) is 35.4 Å². The molecule has 0 saturated heterocycles. The molecular weight excluding hydrogens is 702 g/mol. The van der Waals surface area contributed by atoms with E-state index < -0.39 is 68.8 Å². The van der Waals surface area contributed by atoms with Crippen LogP contribution < -0.4 is 22.1 Å². The Kier molecular flexibility index (Phi) is 13.3. The first-order valence-electron chi connectivity index (χ1n) is 16.0. The van der Waals surface area contributed by atoms with E-state index in [1.165, 1.54) is 12.5 Å². The number of fused-ring (bicyclic) bond motifs is 3. The minimum absolute atomic E-state index is 0.00808. The molecule has 0 radical (unpaired) electrons. The van der Waals surface area contributed by atoms with Crippen LogP contribution in [0.1, 0.15) is 48.4 Å². The standard InChI is InChI=1S/C34H40ClN7O8S/c1-51(48,49)30(35)15-21(16-31(44)45)41-32(46)20(13-22-17-38-19-40-22)14-29(43)28(11-6-12-39-33(36)37)42-34(47)50-18-27-25-9-4-2-7-23(25)24-8-3-5-10-26(24)27/h2-5,7-10,15,17,19-21,27-28H,6,11-14,16,18H2,1H3,(H,38,40)(H,41,46)(H,42,47)(H,44,45)(H4,36,37,39)/b30-15+/t20-,21+,28-/m0/s1. The summed E-state index contributed by atoms with van der Waals surface area (Å²) >= 11 is 5.87. The highest BCUT2D eigenvalue weighted by atomic mass is 35.5. The molecule has 0 bridgehead atoms. The van der Waals surface area contributed by atoms with Crippen LogP contribution in [0.2, 0.25) is 0 Å². The van der Waals surface area contributed by atoms with Gasteiger partial charge in [0, 0.05) is 43.5 Å². The quantitative estimate of drug-likeness (QED) is 0.0628. The third kappa shape index (κ3) is 11.1. The minimum atomic E-state index is -3.89. The van der Waals surface area contributed by atoms with Crippen molar-refractivity contribution >= 4 is 51.2 Å². The van der Waals surface area contributed by atoms with Gasteiger partial charge in [-0.1, -0.05) is 60.1 Å². The topological polar surface area (TPSA) is 249 Å². The molecule has 272 valence electrons. The zero-order valence-corrected chi connectivity index (χ0v) is 29.3. The van der Waals surface area contributed by atoms with Gasteiger partial charge in [-0.05, 0) is 41.2 Å². The summed E-state index contributed by atoms with van der Waals surface area (Å²) in [6.45, 7) is 0.176. The van der Waals surface area contributed by atoms with E-state index in [4.69, 9.17) is 27.8 Å². The second-order valence-electron chi connectivity index (χ2n) is 12.1. The maximum atomic E-state index is 13.8. The number of carbonyl (C=O) groups excluding carboxylic acids is 3. The van der Waals surface area contributed by atoms with Gasteiger partial charge in [-0.25, -0.2) is 18.2 Å². The van der Waals surface area contributed by atoms with E-state index in [0.717, 1.165) is 34.6 Å². The Bertz CT molecular complexity index is 1850. The van der Waals surface area contributed by atoms with Crippen LogP contribution in [0.4, 0.5) is 4.79 Å². The van der Waals surface area contributed by atoms with Crippen molar-refractivity contribution in [3.8, 4) is 11.1 Å².